The van der Waals surface area contributed by atoms with Crippen LogP contribution in [0.2, 0.25) is 0 Å². The molecule has 30 aromatic rings. The van der Waals surface area contributed by atoms with Crippen LogP contribution in [0, 0.1) is 55.4 Å². The van der Waals surface area contributed by atoms with Gasteiger partial charge in [-0.15, -0.1) is 0 Å². The van der Waals surface area contributed by atoms with E-state index in [1.54, 1.807) is 0 Å². The first-order valence-corrected chi connectivity index (χ1v) is 46.5. The molecule has 8 aromatic heterocycles. The van der Waals surface area contributed by atoms with E-state index in [-0.39, 0.29) is 0 Å². The molecule has 0 N–H and O–H groups in total. The highest BCUT2D eigenvalue weighted by Gasteiger charge is 2.31. The molecule has 0 radical (unpaired) electrons. The maximum Gasteiger partial charge on any atom is 0.0620 e. The fourth-order valence-corrected chi connectivity index (χ4v) is 25.0. The maximum atomic E-state index is 2.59. The van der Waals surface area contributed by atoms with Gasteiger partial charge in [-0.25, -0.2) is 0 Å². The molecule has 0 spiro atoms. The van der Waals surface area contributed by atoms with E-state index in [1.165, 1.54) is 339 Å². The summed E-state index contributed by atoms with van der Waals surface area (Å²) < 4.78 is 10.3. The molecular formula is C128H82N4. The van der Waals surface area contributed by atoms with Crippen LogP contribution in [0.4, 0.5) is 0 Å². The number of nitrogens with zero attached hydrogens (tertiary/aromatic N) is 4. The third-order valence-electron chi connectivity index (χ3n) is 30.7. The van der Waals surface area contributed by atoms with Crippen LogP contribution in [-0.2, 0) is 0 Å². The largest absolute Gasteiger partial charge is 0.308 e. The first-order chi connectivity index (χ1) is 64.7. The lowest BCUT2D eigenvalue weighted by Crippen LogP contribution is -1.93. The van der Waals surface area contributed by atoms with E-state index < -0.39 is 0 Å². The van der Waals surface area contributed by atoms with Crippen LogP contribution in [0.1, 0.15) is 44.5 Å². The zero-order chi connectivity index (χ0) is 87.1. The molecule has 0 fully saturated rings. The summed E-state index contributed by atoms with van der Waals surface area (Å²) in [5, 5.41) is 35.4. The predicted octanol–water partition coefficient (Wildman–Crippen LogP) is 35.3. The van der Waals surface area contributed by atoms with Gasteiger partial charge < -0.3 is 17.6 Å². The predicted molar refractivity (Wildman–Crippen MR) is 566 cm³/mol. The molecule has 0 saturated carbocycles. The second kappa shape index (κ2) is 25.8. The minimum absolute atomic E-state index is 1.17. The molecule has 0 aliphatic carbocycles. The molecule has 4 heteroatoms. The smallest absolute Gasteiger partial charge is 0.0620 e. The third kappa shape index (κ3) is 9.74. The molecule has 614 valence electrons. The third-order valence-corrected chi connectivity index (χ3v) is 30.7. The van der Waals surface area contributed by atoms with Crippen molar-refractivity contribution >= 4 is 217 Å². The Labute approximate surface area is 758 Å². The number of hydrogen-bond acceptors (Lipinski definition) is 0. The highest BCUT2D eigenvalue weighted by molar-refractivity contribution is 6.36. The highest BCUT2D eigenvalue weighted by atomic mass is 14.9. The molecule has 132 heavy (non-hydrogen) atoms. The Morgan fingerprint density at radius 1 is 0.129 bits per heavy atom. The lowest BCUT2D eigenvalue weighted by molar-refractivity contribution is 1.36. The molecule has 30 rings (SSSR count). The molecule has 0 aliphatic heterocycles. The number of hydrogen-bond donors (Lipinski definition) is 0. The lowest BCUT2D eigenvalue weighted by Gasteiger charge is -2.20. The fraction of sp³-hybridized carbons (Fsp3) is 0.0625. The molecule has 0 bridgehead atoms. The minimum atomic E-state index is 1.17. The van der Waals surface area contributed by atoms with E-state index in [4.69, 9.17) is 0 Å². The van der Waals surface area contributed by atoms with E-state index in [9.17, 15) is 0 Å². The van der Waals surface area contributed by atoms with Gasteiger partial charge in [0.05, 0.1) is 66.2 Å². The average Bonchev–Trinajstić information content (AvgIpc) is 1.52. The van der Waals surface area contributed by atoms with Gasteiger partial charge in [0.1, 0.15) is 0 Å². The van der Waals surface area contributed by atoms with E-state index in [2.05, 4.69) is 425 Å². The van der Waals surface area contributed by atoms with Crippen molar-refractivity contribution in [1.82, 2.24) is 17.6 Å². The molecule has 0 saturated heterocycles. The van der Waals surface area contributed by atoms with Crippen LogP contribution in [0.3, 0.4) is 0 Å². The topological polar surface area (TPSA) is 17.6 Å². The van der Waals surface area contributed by atoms with Gasteiger partial charge in [0.2, 0.25) is 0 Å². The van der Waals surface area contributed by atoms with Crippen molar-refractivity contribution in [1.29, 1.82) is 0 Å². The molecule has 0 atom stereocenters. The SMILES string of the molecule is Cc1ccc2c(c1)c1cc(C)cc3c4cc5c(-c6ccc(-c7ccc(-c8cccc9cc(-c%10c%11cc%12c%13cc(C)cc%14c%15cc(C)ccc%15n(c%12cc%11c(-c%11ccc%12ccccc%12c%11)c%11cc%12c%15cc(C)cc%16c%17cc(C)ccc%17n(c%12cc%10%11)c%16%15)c%14%13)ccc89)cc7)cc6)c6cc7c(cc6c(-c6ccc(-c8ccccc8)cc6)c5cc4n2c13)c1cc(C)cc2c3cc(C)ccc3n7c21. The number of benzene rings is 22. The van der Waals surface area contributed by atoms with Gasteiger partial charge in [0, 0.05) is 86.2 Å². The Morgan fingerprint density at radius 3 is 0.742 bits per heavy atom. The van der Waals surface area contributed by atoms with Crippen LogP contribution >= 0.6 is 0 Å². The van der Waals surface area contributed by atoms with Gasteiger partial charge in [-0.3, -0.25) is 0 Å². The van der Waals surface area contributed by atoms with Crippen molar-refractivity contribution in [2.45, 2.75) is 55.4 Å². The zero-order valence-corrected chi connectivity index (χ0v) is 74.3. The normalized spacial score (nSPS) is 12.7. The van der Waals surface area contributed by atoms with E-state index in [0.717, 1.165) is 0 Å². The van der Waals surface area contributed by atoms with Crippen LogP contribution in [0.25, 0.3) is 295 Å². The van der Waals surface area contributed by atoms with E-state index in [1.807, 2.05) is 0 Å². The Kier molecular flexibility index (Phi) is 14.2. The summed E-state index contributed by atoms with van der Waals surface area (Å²) in [6.07, 6.45) is 0. The van der Waals surface area contributed by atoms with Crippen LogP contribution < -0.4 is 0 Å². The standard InChI is InChI=1S/C128H82N4/c1-67-21-41-113-89(45-67)106-50-72(6)54-110-94-60-98-101(63-117(94)129(113)126(106)110)121(81-34-27-77(28-35-81)75-15-10-9-11-16-75)97-59-93-109-53-71(5)49-105-90-46-68(2)22-42-114(90)130(125(105)109)118(93)64-102(97)122(98)82-36-29-79(30-37-82)78-25-32-80(33-26-78)87-20-14-19-84-58-86(39-40-88(84)87)124-100-62-96-112-56-74(8)52-108-91-47-69(3)23-43-115(91)131(128(108)112)119(96)65-103(100)123(85-38-31-76-17-12-13-18-83(76)57-85)99-61-95-111-55-73(7)51-107-92-48-70(4)24-44-116(92)132(127(107)111)120(95)66-104(99)124/h9-66H,1-8H3. The van der Waals surface area contributed by atoms with Gasteiger partial charge in [-0.2, -0.15) is 0 Å². The number of fused-ring (bicyclic) bond motifs is 30. The van der Waals surface area contributed by atoms with Crippen LogP contribution in [0.15, 0.2) is 352 Å². The first-order valence-electron chi connectivity index (χ1n) is 46.5. The van der Waals surface area contributed by atoms with Crippen LogP contribution in [0.5, 0.6) is 0 Å². The summed E-state index contributed by atoms with van der Waals surface area (Å²) in [5.74, 6) is 0. The van der Waals surface area contributed by atoms with Gasteiger partial charge in [-0.05, 0) is 378 Å². The summed E-state index contributed by atoms with van der Waals surface area (Å²) in [4.78, 5) is 0. The molecule has 8 heterocycles. The second-order valence-electron chi connectivity index (χ2n) is 38.8. The van der Waals surface area contributed by atoms with Crippen molar-refractivity contribution in [2.24, 2.45) is 0 Å². The van der Waals surface area contributed by atoms with Crippen molar-refractivity contribution in [3.63, 3.8) is 0 Å². The molecule has 0 amide bonds. The molecule has 22 aromatic carbocycles. The van der Waals surface area contributed by atoms with Gasteiger partial charge in [0.25, 0.3) is 0 Å². The Hall–Kier alpha value is -16.4. The fourth-order valence-electron chi connectivity index (χ4n) is 25.0. The van der Waals surface area contributed by atoms with Gasteiger partial charge in [0.15, 0.2) is 0 Å². The first kappa shape index (κ1) is 72.6. The van der Waals surface area contributed by atoms with Crippen molar-refractivity contribution in [3.8, 4) is 77.9 Å². The van der Waals surface area contributed by atoms with Gasteiger partial charge >= 0.3 is 0 Å². The van der Waals surface area contributed by atoms with Crippen molar-refractivity contribution in [2.75, 3.05) is 0 Å². The van der Waals surface area contributed by atoms with Crippen LogP contribution in [-0.4, -0.2) is 17.6 Å². The van der Waals surface area contributed by atoms with Gasteiger partial charge in [-0.1, -0.05) is 216 Å². The number of rotatable bonds is 7. The Bertz CT molecular complexity index is 10500. The zero-order valence-electron chi connectivity index (χ0n) is 74.3. The summed E-state index contributed by atoms with van der Waals surface area (Å²) in [6.45, 7) is 18.0. The lowest BCUT2D eigenvalue weighted by atomic mass is 9.83. The molecule has 0 aliphatic rings. The molecule has 4 nitrogen and oxygen atoms in total. The molecular weight excluding hydrogens is 1590 g/mol. The Balaban J connectivity index is 0.609. The monoisotopic (exact) mass is 1670 g/mol. The second-order valence-corrected chi connectivity index (χ2v) is 38.8. The summed E-state index contributed by atoms with van der Waals surface area (Å²) in [6, 6.07) is 138. The Morgan fingerprint density at radius 2 is 0.386 bits per heavy atom. The van der Waals surface area contributed by atoms with E-state index >= 15 is 0 Å². The number of aromatic nitrogens is 4. The highest BCUT2D eigenvalue weighted by Crippen LogP contribution is 2.56. The van der Waals surface area contributed by atoms with Crippen molar-refractivity contribution in [3.05, 3.63) is 396 Å². The summed E-state index contributed by atoms with van der Waals surface area (Å²) in [7, 11) is 0. The summed E-state index contributed by atoms with van der Waals surface area (Å²) >= 11 is 0. The maximum absolute atomic E-state index is 2.59. The minimum Gasteiger partial charge on any atom is -0.308 e. The number of aryl methyl sites for hydroxylation is 8. The van der Waals surface area contributed by atoms with E-state index in [0.29, 0.717) is 0 Å². The average molecular weight is 1680 g/mol. The molecule has 0 unspecified atom stereocenters. The quantitative estimate of drug-likeness (QED) is 0.142. The summed E-state index contributed by atoms with van der Waals surface area (Å²) in [5.41, 5.74) is 42.0. The van der Waals surface area contributed by atoms with Crippen molar-refractivity contribution < 1.29 is 0 Å².